The highest BCUT2D eigenvalue weighted by atomic mass is 35.5. The number of hydrogen-bond acceptors (Lipinski definition) is 3. The quantitative estimate of drug-likeness (QED) is 0.901. The highest BCUT2D eigenvalue weighted by Crippen LogP contribution is 2.23. The van der Waals surface area contributed by atoms with Gasteiger partial charge in [0.2, 0.25) is 5.91 Å². The molecule has 6 heteroatoms. The van der Waals surface area contributed by atoms with Crippen molar-refractivity contribution < 1.29 is 9.59 Å². The summed E-state index contributed by atoms with van der Waals surface area (Å²) in [5, 5.41) is 8.95. The van der Waals surface area contributed by atoms with E-state index in [4.69, 9.17) is 11.6 Å². The topological polar surface area (TPSA) is 61.8 Å². The van der Waals surface area contributed by atoms with E-state index < -0.39 is 0 Å². The molecule has 0 radical (unpaired) electrons. The van der Waals surface area contributed by atoms with Gasteiger partial charge in [0, 0.05) is 23.6 Å². The first-order valence-electron chi connectivity index (χ1n) is 7.98. The molecule has 0 bridgehead atoms. The largest absolute Gasteiger partial charge is 0.321 e. The number of nitrogens with zero attached hydrogens (tertiary/aromatic N) is 2. The van der Waals surface area contributed by atoms with E-state index in [1.54, 1.807) is 18.2 Å². The Hall–Kier alpha value is -2.66. The monoisotopic (exact) mass is 355 g/mol. The molecule has 0 spiro atoms. The number of amides is 2. The summed E-state index contributed by atoms with van der Waals surface area (Å²) in [7, 11) is 0. The maximum absolute atomic E-state index is 12.6. The summed E-state index contributed by atoms with van der Waals surface area (Å²) < 4.78 is 0. The van der Waals surface area contributed by atoms with Crippen LogP contribution >= 0.6 is 11.6 Å². The van der Waals surface area contributed by atoms with E-state index in [9.17, 15) is 9.59 Å². The first-order valence-corrected chi connectivity index (χ1v) is 8.36. The van der Waals surface area contributed by atoms with Gasteiger partial charge in [0.05, 0.1) is 5.69 Å². The fourth-order valence-electron chi connectivity index (χ4n) is 2.60. The van der Waals surface area contributed by atoms with Gasteiger partial charge in [-0.3, -0.25) is 9.59 Å². The maximum atomic E-state index is 12.6. The molecular weight excluding hydrogens is 338 g/mol. The van der Waals surface area contributed by atoms with Crippen molar-refractivity contribution in [3.63, 3.8) is 0 Å². The summed E-state index contributed by atoms with van der Waals surface area (Å²) in [5.74, 6) is -0.448. The molecule has 0 saturated heterocycles. The number of carbonyl (C=O) groups excluding carboxylic acids is 2. The second-order valence-electron chi connectivity index (χ2n) is 6.00. The van der Waals surface area contributed by atoms with Crippen molar-refractivity contribution in [2.45, 2.75) is 26.7 Å². The SMILES string of the molecule is Cc1cccc(N2N=C(C(=O)Nc3cc(Cl)ccc3C)CCC2=O)c1. The zero-order chi connectivity index (χ0) is 18.0. The average Bonchev–Trinajstić information content (AvgIpc) is 2.58. The normalized spacial score (nSPS) is 14.3. The summed E-state index contributed by atoms with van der Waals surface area (Å²) in [5.41, 5.74) is 3.54. The summed E-state index contributed by atoms with van der Waals surface area (Å²) in [6.07, 6.45) is 0.557. The lowest BCUT2D eigenvalue weighted by Gasteiger charge is -2.23. The minimum atomic E-state index is -0.324. The minimum absolute atomic E-state index is 0.124. The molecule has 2 aromatic carbocycles. The molecule has 0 saturated carbocycles. The molecule has 0 atom stereocenters. The summed E-state index contributed by atoms with van der Waals surface area (Å²) >= 11 is 5.99. The predicted molar refractivity (Wildman–Crippen MR) is 100 cm³/mol. The molecule has 1 aliphatic rings. The molecule has 0 fully saturated rings. The van der Waals surface area contributed by atoms with E-state index in [0.717, 1.165) is 11.1 Å². The van der Waals surface area contributed by atoms with Gasteiger partial charge in [0.25, 0.3) is 5.91 Å². The van der Waals surface area contributed by atoms with Crippen LogP contribution in [0, 0.1) is 13.8 Å². The molecule has 1 N–H and O–H groups in total. The Morgan fingerprint density at radius 3 is 2.72 bits per heavy atom. The fraction of sp³-hybridized carbons (Fsp3) is 0.211. The Morgan fingerprint density at radius 1 is 1.16 bits per heavy atom. The minimum Gasteiger partial charge on any atom is -0.321 e. The lowest BCUT2D eigenvalue weighted by molar-refractivity contribution is -0.118. The molecule has 3 rings (SSSR count). The van der Waals surface area contributed by atoms with Crippen LogP contribution in [0.3, 0.4) is 0 Å². The number of hydrazone groups is 1. The van der Waals surface area contributed by atoms with Gasteiger partial charge in [-0.05, 0) is 49.2 Å². The maximum Gasteiger partial charge on any atom is 0.271 e. The van der Waals surface area contributed by atoms with Crippen molar-refractivity contribution in [3.8, 4) is 0 Å². The molecule has 2 aromatic rings. The Bertz CT molecular complexity index is 877. The number of hydrogen-bond donors (Lipinski definition) is 1. The van der Waals surface area contributed by atoms with Crippen LogP contribution in [0.1, 0.15) is 24.0 Å². The van der Waals surface area contributed by atoms with E-state index in [0.29, 0.717) is 28.5 Å². The van der Waals surface area contributed by atoms with Crippen molar-refractivity contribution in [2.24, 2.45) is 5.10 Å². The van der Waals surface area contributed by atoms with E-state index in [-0.39, 0.29) is 18.2 Å². The van der Waals surface area contributed by atoms with E-state index in [1.807, 2.05) is 38.1 Å². The third kappa shape index (κ3) is 3.88. The van der Waals surface area contributed by atoms with Crippen molar-refractivity contribution in [2.75, 3.05) is 10.3 Å². The number of halogens is 1. The zero-order valence-corrected chi connectivity index (χ0v) is 14.8. The zero-order valence-electron chi connectivity index (χ0n) is 14.0. The van der Waals surface area contributed by atoms with Crippen molar-refractivity contribution in [1.82, 2.24) is 0 Å². The van der Waals surface area contributed by atoms with Crippen molar-refractivity contribution >= 4 is 40.5 Å². The van der Waals surface area contributed by atoms with Gasteiger partial charge in [0.1, 0.15) is 5.71 Å². The average molecular weight is 356 g/mol. The van der Waals surface area contributed by atoms with Crippen LogP contribution in [-0.4, -0.2) is 17.5 Å². The molecule has 1 aliphatic heterocycles. The van der Waals surface area contributed by atoms with Gasteiger partial charge in [-0.2, -0.15) is 5.10 Å². The standard InChI is InChI=1S/C19H18ClN3O2/c1-12-4-3-5-15(10-12)23-18(24)9-8-16(22-23)19(25)21-17-11-14(20)7-6-13(17)2/h3-7,10-11H,8-9H2,1-2H3,(H,21,25). The Balaban J connectivity index is 1.86. The van der Waals surface area contributed by atoms with Crippen LogP contribution in [0.15, 0.2) is 47.6 Å². The highest BCUT2D eigenvalue weighted by molar-refractivity contribution is 6.44. The molecule has 0 aliphatic carbocycles. The van der Waals surface area contributed by atoms with Crippen molar-refractivity contribution in [3.05, 3.63) is 58.6 Å². The summed E-state index contributed by atoms with van der Waals surface area (Å²) in [6.45, 7) is 3.83. The van der Waals surface area contributed by atoms with Gasteiger partial charge in [-0.25, -0.2) is 5.01 Å². The number of carbonyl (C=O) groups is 2. The van der Waals surface area contributed by atoms with Gasteiger partial charge in [0.15, 0.2) is 0 Å². The predicted octanol–water partition coefficient (Wildman–Crippen LogP) is 4.08. The highest BCUT2D eigenvalue weighted by Gasteiger charge is 2.26. The number of aryl methyl sites for hydroxylation is 2. The number of nitrogens with one attached hydrogen (secondary N) is 1. The summed E-state index contributed by atoms with van der Waals surface area (Å²) in [6, 6.07) is 12.8. The first-order chi connectivity index (χ1) is 11.9. The smallest absolute Gasteiger partial charge is 0.271 e. The second-order valence-corrected chi connectivity index (χ2v) is 6.44. The van der Waals surface area contributed by atoms with Gasteiger partial charge < -0.3 is 5.32 Å². The van der Waals surface area contributed by atoms with Gasteiger partial charge >= 0.3 is 0 Å². The van der Waals surface area contributed by atoms with Crippen LogP contribution in [0.25, 0.3) is 0 Å². The third-order valence-corrected chi connectivity index (χ3v) is 4.22. The third-order valence-electron chi connectivity index (χ3n) is 3.99. The lowest BCUT2D eigenvalue weighted by atomic mass is 10.1. The molecule has 128 valence electrons. The summed E-state index contributed by atoms with van der Waals surface area (Å²) in [4.78, 5) is 24.8. The Morgan fingerprint density at radius 2 is 1.96 bits per heavy atom. The lowest BCUT2D eigenvalue weighted by Crippen LogP contribution is -2.36. The molecular formula is C19H18ClN3O2. The van der Waals surface area contributed by atoms with E-state index in [1.165, 1.54) is 5.01 Å². The van der Waals surface area contributed by atoms with Gasteiger partial charge in [-0.1, -0.05) is 29.8 Å². The fourth-order valence-corrected chi connectivity index (χ4v) is 2.77. The van der Waals surface area contributed by atoms with Crippen LogP contribution in [0.2, 0.25) is 5.02 Å². The first kappa shape index (κ1) is 17.2. The van der Waals surface area contributed by atoms with Crippen LogP contribution in [-0.2, 0) is 9.59 Å². The Labute approximate surface area is 151 Å². The van der Waals surface area contributed by atoms with Crippen LogP contribution in [0.4, 0.5) is 11.4 Å². The van der Waals surface area contributed by atoms with Crippen LogP contribution < -0.4 is 10.3 Å². The number of anilines is 2. The van der Waals surface area contributed by atoms with Crippen molar-refractivity contribution in [1.29, 1.82) is 0 Å². The molecule has 5 nitrogen and oxygen atoms in total. The van der Waals surface area contributed by atoms with Gasteiger partial charge in [-0.15, -0.1) is 0 Å². The number of benzene rings is 2. The number of rotatable bonds is 3. The molecule has 0 aromatic heterocycles. The van der Waals surface area contributed by atoms with E-state index >= 15 is 0 Å². The second kappa shape index (κ2) is 7.07. The van der Waals surface area contributed by atoms with E-state index in [2.05, 4.69) is 10.4 Å². The Kier molecular flexibility index (Phi) is 4.86. The van der Waals surface area contributed by atoms with Crippen LogP contribution in [0.5, 0.6) is 0 Å². The molecule has 25 heavy (non-hydrogen) atoms. The molecule has 2 amide bonds. The molecule has 1 heterocycles. The molecule has 0 unspecified atom stereocenters.